The SMILES string of the molecule is COc1cccc(C2/C(=C(\O)c3ccccc3)C(=O)C(=O)N2c2nc3ccccc3s2)c1. The van der Waals surface area contributed by atoms with Crippen LogP contribution >= 0.6 is 11.3 Å². The number of anilines is 1. The van der Waals surface area contributed by atoms with Gasteiger partial charge in [0.1, 0.15) is 11.5 Å². The van der Waals surface area contributed by atoms with Gasteiger partial charge in [-0.25, -0.2) is 4.98 Å². The van der Waals surface area contributed by atoms with Crippen molar-refractivity contribution in [3.8, 4) is 5.75 Å². The van der Waals surface area contributed by atoms with Crippen LogP contribution in [-0.4, -0.2) is 28.9 Å². The predicted octanol–water partition coefficient (Wildman–Crippen LogP) is 4.93. The molecule has 1 atom stereocenters. The Kier molecular flexibility index (Phi) is 4.95. The van der Waals surface area contributed by atoms with Gasteiger partial charge in [-0.2, -0.15) is 0 Å². The summed E-state index contributed by atoms with van der Waals surface area (Å²) >= 11 is 1.32. The number of ether oxygens (including phenoxy) is 1. The molecule has 32 heavy (non-hydrogen) atoms. The molecule has 0 bridgehead atoms. The van der Waals surface area contributed by atoms with Crippen LogP contribution in [0.2, 0.25) is 0 Å². The molecule has 1 unspecified atom stereocenters. The van der Waals surface area contributed by atoms with Crippen molar-refractivity contribution in [1.82, 2.24) is 4.98 Å². The van der Waals surface area contributed by atoms with E-state index in [2.05, 4.69) is 4.98 Å². The Balaban J connectivity index is 1.75. The van der Waals surface area contributed by atoms with E-state index < -0.39 is 17.7 Å². The second kappa shape index (κ2) is 7.94. The molecule has 0 spiro atoms. The summed E-state index contributed by atoms with van der Waals surface area (Å²) in [6.45, 7) is 0. The molecule has 0 aliphatic carbocycles. The Morgan fingerprint density at radius 1 is 1.00 bits per heavy atom. The van der Waals surface area contributed by atoms with Crippen LogP contribution in [0.5, 0.6) is 5.75 Å². The minimum atomic E-state index is -0.842. The summed E-state index contributed by atoms with van der Waals surface area (Å²) < 4.78 is 6.26. The fraction of sp³-hybridized carbons (Fsp3) is 0.0800. The topological polar surface area (TPSA) is 79.7 Å². The van der Waals surface area contributed by atoms with Gasteiger partial charge in [0, 0.05) is 5.56 Å². The number of aromatic nitrogens is 1. The molecule has 1 N–H and O–H groups in total. The van der Waals surface area contributed by atoms with Gasteiger partial charge in [0.25, 0.3) is 5.78 Å². The molecule has 3 aromatic carbocycles. The van der Waals surface area contributed by atoms with Crippen LogP contribution in [0.3, 0.4) is 0 Å². The molecule has 1 fully saturated rings. The summed E-state index contributed by atoms with van der Waals surface area (Å²) in [4.78, 5) is 32.4. The van der Waals surface area contributed by atoms with Gasteiger partial charge in [-0.15, -0.1) is 0 Å². The molecule has 1 aliphatic rings. The lowest BCUT2D eigenvalue weighted by molar-refractivity contribution is -0.132. The Morgan fingerprint density at radius 2 is 1.75 bits per heavy atom. The summed E-state index contributed by atoms with van der Waals surface area (Å²) in [5.74, 6) is -1.12. The van der Waals surface area contributed by atoms with Gasteiger partial charge in [-0.3, -0.25) is 14.5 Å². The molecule has 5 rings (SSSR count). The Bertz CT molecular complexity index is 1340. The second-order valence-corrected chi connectivity index (χ2v) is 8.29. The van der Waals surface area contributed by atoms with Crippen molar-refractivity contribution in [2.45, 2.75) is 6.04 Å². The normalized spacial score (nSPS) is 17.8. The third-order valence-corrected chi connectivity index (χ3v) is 6.43. The standard InChI is InChI=1S/C25H18N2O4S/c1-31-17-11-7-10-16(14-17)21-20(22(28)15-8-3-2-4-9-15)23(29)24(30)27(21)25-26-18-12-5-6-13-19(18)32-25/h2-14,21,28H,1H3/b22-20+. The number of aliphatic hydroxyl groups is 1. The number of hydrogen-bond donors (Lipinski definition) is 1. The molecule has 158 valence electrons. The lowest BCUT2D eigenvalue weighted by Crippen LogP contribution is -2.29. The maximum Gasteiger partial charge on any atom is 0.301 e. The molecule has 1 saturated heterocycles. The van der Waals surface area contributed by atoms with Gasteiger partial charge >= 0.3 is 5.91 Å². The quantitative estimate of drug-likeness (QED) is 0.275. The molecular weight excluding hydrogens is 424 g/mol. The number of fused-ring (bicyclic) bond motifs is 1. The monoisotopic (exact) mass is 442 g/mol. The van der Waals surface area contributed by atoms with Crippen molar-refractivity contribution < 1.29 is 19.4 Å². The largest absolute Gasteiger partial charge is 0.507 e. The van der Waals surface area contributed by atoms with Crippen molar-refractivity contribution in [1.29, 1.82) is 0 Å². The molecule has 4 aromatic rings. The Morgan fingerprint density at radius 3 is 2.50 bits per heavy atom. The molecule has 2 heterocycles. The number of hydrogen-bond acceptors (Lipinski definition) is 6. The van der Waals surface area contributed by atoms with E-state index in [-0.39, 0.29) is 11.3 Å². The smallest absolute Gasteiger partial charge is 0.301 e. The van der Waals surface area contributed by atoms with Crippen molar-refractivity contribution in [3.05, 3.63) is 95.6 Å². The Labute approximate surface area is 188 Å². The molecule has 0 saturated carbocycles. The van der Waals surface area contributed by atoms with Crippen molar-refractivity contribution in [3.63, 3.8) is 0 Å². The fourth-order valence-corrected chi connectivity index (χ4v) is 4.86. The van der Waals surface area contributed by atoms with E-state index >= 15 is 0 Å². The van der Waals surface area contributed by atoms with Crippen LogP contribution in [-0.2, 0) is 9.59 Å². The number of ketones is 1. The highest BCUT2D eigenvalue weighted by Gasteiger charge is 2.48. The number of thiazole rings is 1. The molecule has 1 amide bonds. The molecular formula is C25H18N2O4S. The van der Waals surface area contributed by atoms with Crippen LogP contribution in [0.1, 0.15) is 17.2 Å². The number of rotatable bonds is 4. The fourth-order valence-electron chi connectivity index (χ4n) is 3.87. The zero-order valence-corrected chi connectivity index (χ0v) is 17.9. The van der Waals surface area contributed by atoms with Crippen molar-refractivity contribution in [2.75, 3.05) is 12.0 Å². The average Bonchev–Trinajstić information content (AvgIpc) is 3.37. The number of para-hydroxylation sites is 1. The number of nitrogens with zero attached hydrogens (tertiary/aromatic N) is 2. The lowest BCUT2D eigenvalue weighted by Gasteiger charge is -2.23. The Hall–Kier alpha value is -3.97. The lowest BCUT2D eigenvalue weighted by atomic mass is 9.95. The van der Waals surface area contributed by atoms with Gasteiger partial charge < -0.3 is 9.84 Å². The summed E-state index contributed by atoms with van der Waals surface area (Å²) in [6.07, 6.45) is 0. The number of Topliss-reactive ketones (excluding diaryl/α,β-unsaturated/α-hetero) is 1. The van der Waals surface area contributed by atoms with E-state index in [9.17, 15) is 14.7 Å². The van der Waals surface area contributed by atoms with E-state index in [0.29, 0.717) is 22.0 Å². The number of benzene rings is 3. The maximum atomic E-state index is 13.2. The molecule has 0 radical (unpaired) electrons. The highest BCUT2D eigenvalue weighted by atomic mass is 32.1. The summed E-state index contributed by atoms with van der Waals surface area (Å²) in [5.41, 5.74) is 1.86. The van der Waals surface area contributed by atoms with Crippen LogP contribution in [0.15, 0.2) is 84.4 Å². The first-order valence-electron chi connectivity index (χ1n) is 9.94. The number of amides is 1. The van der Waals surface area contributed by atoms with E-state index in [4.69, 9.17) is 4.74 Å². The maximum absolute atomic E-state index is 13.2. The zero-order chi connectivity index (χ0) is 22.2. The average molecular weight is 442 g/mol. The van der Waals surface area contributed by atoms with E-state index in [0.717, 1.165) is 10.2 Å². The van der Waals surface area contributed by atoms with Crippen LogP contribution in [0.25, 0.3) is 16.0 Å². The number of carbonyl (C=O) groups is 2. The van der Waals surface area contributed by atoms with E-state index in [1.807, 2.05) is 30.3 Å². The van der Waals surface area contributed by atoms with Crippen molar-refractivity contribution in [2.24, 2.45) is 0 Å². The first kappa shape index (κ1) is 20.0. The molecule has 1 aliphatic heterocycles. The highest BCUT2D eigenvalue weighted by molar-refractivity contribution is 7.22. The first-order valence-corrected chi connectivity index (χ1v) is 10.8. The van der Waals surface area contributed by atoms with Gasteiger partial charge in [-0.05, 0) is 29.8 Å². The predicted molar refractivity (Wildman–Crippen MR) is 124 cm³/mol. The molecule has 6 nitrogen and oxygen atoms in total. The van der Waals surface area contributed by atoms with Gasteiger partial charge in [0.15, 0.2) is 5.13 Å². The molecule has 1 aromatic heterocycles. The summed E-state index contributed by atoms with van der Waals surface area (Å²) in [6, 6.07) is 22.6. The van der Waals surface area contributed by atoms with Crippen molar-refractivity contribution >= 4 is 44.1 Å². The summed E-state index contributed by atoms with van der Waals surface area (Å²) in [7, 11) is 1.55. The second-order valence-electron chi connectivity index (χ2n) is 7.28. The van der Waals surface area contributed by atoms with Crippen LogP contribution in [0, 0.1) is 0 Å². The van der Waals surface area contributed by atoms with Crippen LogP contribution < -0.4 is 9.64 Å². The zero-order valence-electron chi connectivity index (χ0n) is 17.1. The van der Waals surface area contributed by atoms with E-state index in [1.165, 1.54) is 16.2 Å². The van der Waals surface area contributed by atoms with Gasteiger partial charge in [0.05, 0.1) is 28.9 Å². The van der Waals surface area contributed by atoms with E-state index in [1.54, 1.807) is 55.6 Å². The van der Waals surface area contributed by atoms with Crippen LogP contribution in [0.4, 0.5) is 5.13 Å². The third-order valence-electron chi connectivity index (χ3n) is 5.39. The minimum Gasteiger partial charge on any atom is -0.507 e. The first-order chi connectivity index (χ1) is 15.6. The minimum absolute atomic E-state index is 0.0220. The van der Waals surface area contributed by atoms with Gasteiger partial charge in [-0.1, -0.05) is 65.9 Å². The molecule has 7 heteroatoms. The number of methoxy groups -OCH3 is 1. The number of aliphatic hydroxyl groups excluding tert-OH is 1. The number of carbonyl (C=O) groups excluding carboxylic acids is 2. The van der Waals surface area contributed by atoms with Gasteiger partial charge in [0.2, 0.25) is 0 Å². The summed E-state index contributed by atoms with van der Waals surface area (Å²) in [5, 5.41) is 11.5. The third kappa shape index (κ3) is 3.23. The highest BCUT2D eigenvalue weighted by Crippen LogP contribution is 2.44.